The molecule has 0 saturated carbocycles. The Labute approximate surface area is 141 Å². The zero-order valence-electron chi connectivity index (χ0n) is 14.1. The van der Waals surface area contributed by atoms with Gasteiger partial charge in [0.15, 0.2) is 0 Å². The summed E-state index contributed by atoms with van der Waals surface area (Å²) < 4.78 is 7.81. The average Bonchev–Trinajstić information content (AvgIpc) is 3.29. The smallest absolute Gasteiger partial charge is 0.226 e. The topological polar surface area (TPSA) is 47.1 Å². The Balaban J connectivity index is 1.42. The Morgan fingerprint density at radius 3 is 2.79 bits per heavy atom. The van der Waals surface area contributed by atoms with Crippen LogP contribution in [0.3, 0.4) is 0 Å². The van der Waals surface area contributed by atoms with Crippen molar-refractivity contribution in [2.45, 2.75) is 32.9 Å². The molecule has 0 N–H and O–H groups in total. The van der Waals surface area contributed by atoms with Crippen molar-refractivity contribution < 1.29 is 4.42 Å². The zero-order chi connectivity index (χ0) is 16.5. The van der Waals surface area contributed by atoms with Gasteiger partial charge >= 0.3 is 0 Å². The standard InChI is InChI=1S/C19H22N4O/c1-14-10-15(2)23(21-14)18-8-9-22(12-18)11-17-13-24-19(20-17)16-6-4-3-5-7-16/h3-7,10,13,18H,8-9,11-12H2,1-2H3/t18-/m1/s1. The first-order valence-electron chi connectivity index (χ1n) is 8.44. The van der Waals surface area contributed by atoms with Gasteiger partial charge in [0.25, 0.3) is 0 Å². The minimum atomic E-state index is 0.458. The van der Waals surface area contributed by atoms with Gasteiger partial charge in [-0.2, -0.15) is 5.10 Å². The van der Waals surface area contributed by atoms with Crippen molar-refractivity contribution >= 4 is 0 Å². The van der Waals surface area contributed by atoms with Crippen LogP contribution in [0.2, 0.25) is 0 Å². The third-order valence-corrected chi connectivity index (χ3v) is 4.60. The van der Waals surface area contributed by atoms with Crippen LogP contribution in [-0.4, -0.2) is 32.8 Å². The number of oxazole rings is 1. The summed E-state index contributed by atoms with van der Waals surface area (Å²) in [6, 6.07) is 12.6. The van der Waals surface area contributed by atoms with E-state index in [1.165, 1.54) is 5.69 Å². The van der Waals surface area contributed by atoms with Gasteiger partial charge in [-0.25, -0.2) is 4.98 Å². The first kappa shape index (κ1) is 15.1. The van der Waals surface area contributed by atoms with E-state index in [9.17, 15) is 0 Å². The van der Waals surface area contributed by atoms with Gasteiger partial charge in [-0.3, -0.25) is 9.58 Å². The summed E-state index contributed by atoms with van der Waals surface area (Å²) in [6.07, 6.45) is 2.91. The van der Waals surface area contributed by atoms with Crippen LogP contribution >= 0.6 is 0 Å². The summed E-state index contributed by atoms with van der Waals surface area (Å²) in [5, 5.41) is 4.63. The molecule has 3 heterocycles. The molecule has 0 radical (unpaired) electrons. The molecule has 0 bridgehead atoms. The van der Waals surface area contributed by atoms with Gasteiger partial charge in [0, 0.05) is 30.9 Å². The molecule has 0 unspecified atom stereocenters. The monoisotopic (exact) mass is 322 g/mol. The molecule has 2 aromatic heterocycles. The maximum absolute atomic E-state index is 5.64. The van der Waals surface area contributed by atoms with Crippen LogP contribution in [0.1, 0.15) is 29.5 Å². The molecule has 24 heavy (non-hydrogen) atoms. The number of aryl methyl sites for hydroxylation is 2. The molecule has 4 rings (SSSR count). The highest BCUT2D eigenvalue weighted by atomic mass is 16.3. The Kier molecular flexibility index (Phi) is 3.94. The van der Waals surface area contributed by atoms with Crippen LogP contribution < -0.4 is 0 Å². The van der Waals surface area contributed by atoms with Gasteiger partial charge in [0.1, 0.15) is 6.26 Å². The summed E-state index contributed by atoms with van der Waals surface area (Å²) in [5.74, 6) is 0.694. The maximum Gasteiger partial charge on any atom is 0.226 e. The SMILES string of the molecule is Cc1cc(C)n([C@@H]2CCN(Cc3coc(-c4ccccc4)n3)C2)n1. The van der Waals surface area contributed by atoms with Crippen molar-refractivity contribution in [3.63, 3.8) is 0 Å². The fraction of sp³-hybridized carbons (Fsp3) is 0.368. The molecule has 1 atom stereocenters. The predicted molar refractivity (Wildman–Crippen MR) is 92.6 cm³/mol. The lowest BCUT2D eigenvalue weighted by Gasteiger charge is -2.15. The Bertz CT molecular complexity index is 821. The van der Waals surface area contributed by atoms with Crippen LogP contribution in [0.15, 0.2) is 47.1 Å². The van der Waals surface area contributed by atoms with Crippen LogP contribution in [0.5, 0.6) is 0 Å². The van der Waals surface area contributed by atoms with Crippen molar-refractivity contribution in [2.75, 3.05) is 13.1 Å². The second-order valence-electron chi connectivity index (χ2n) is 6.56. The number of aromatic nitrogens is 3. The highest BCUT2D eigenvalue weighted by Crippen LogP contribution is 2.25. The van der Waals surface area contributed by atoms with Crippen LogP contribution in [0.4, 0.5) is 0 Å². The molecule has 1 aromatic carbocycles. The van der Waals surface area contributed by atoms with Crippen LogP contribution in [-0.2, 0) is 6.54 Å². The lowest BCUT2D eigenvalue weighted by Crippen LogP contribution is -2.22. The van der Waals surface area contributed by atoms with E-state index in [1.54, 1.807) is 6.26 Å². The van der Waals surface area contributed by atoms with Gasteiger partial charge in [-0.15, -0.1) is 0 Å². The summed E-state index contributed by atoms with van der Waals surface area (Å²) in [5.41, 5.74) is 4.34. The van der Waals surface area contributed by atoms with Crippen molar-refractivity contribution in [2.24, 2.45) is 0 Å². The molecule has 1 aliphatic heterocycles. The zero-order valence-corrected chi connectivity index (χ0v) is 14.1. The molecule has 0 aliphatic carbocycles. The molecule has 1 saturated heterocycles. The van der Waals surface area contributed by atoms with Crippen molar-refractivity contribution in [1.82, 2.24) is 19.7 Å². The van der Waals surface area contributed by atoms with E-state index in [0.29, 0.717) is 11.9 Å². The molecule has 3 aromatic rings. The van der Waals surface area contributed by atoms with E-state index in [1.807, 2.05) is 30.3 Å². The summed E-state index contributed by atoms with van der Waals surface area (Å²) in [6.45, 7) is 7.08. The Morgan fingerprint density at radius 1 is 1.21 bits per heavy atom. The van der Waals surface area contributed by atoms with Gasteiger partial charge < -0.3 is 4.42 Å². The second-order valence-corrected chi connectivity index (χ2v) is 6.56. The average molecular weight is 322 g/mol. The van der Waals surface area contributed by atoms with Gasteiger partial charge in [-0.1, -0.05) is 18.2 Å². The van der Waals surface area contributed by atoms with Crippen molar-refractivity contribution in [3.05, 3.63) is 59.7 Å². The number of benzene rings is 1. The normalized spacial score (nSPS) is 18.3. The number of likely N-dealkylation sites (tertiary alicyclic amines) is 1. The van der Waals surface area contributed by atoms with E-state index in [4.69, 9.17) is 4.42 Å². The van der Waals surface area contributed by atoms with Gasteiger partial charge in [0.05, 0.1) is 17.4 Å². The summed E-state index contributed by atoms with van der Waals surface area (Å²) in [4.78, 5) is 7.06. The number of hydrogen-bond donors (Lipinski definition) is 0. The number of rotatable bonds is 4. The second kappa shape index (κ2) is 6.24. The molecule has 0 spiro atoms. The molecule has 124 valence electrons. The highest BCUT2D eigenvalue weighted by Gasteiger charge is 2.26. The Morgan fingerprint density at radius 2 is 2.04 bits per heavy atom. The van der Waals surface area contributed by atoms with Crippen LogP contribution in [0.25, 0.3) is 11.5 Å². The molecular formula is C19H22N4O. The van der Waals surface area contributed by atoms with E-state index in [-0.39, 0.29) is 0 Å². The molecule has 0 amide bonds. The van der Waals surface area contributed by atoms with Crippen LogP contribution in [0, 0.1) is 13.8 Å². The van der Waals surface area contributed by atoms with E-state index < -0.39 is 0 Å². The molecule has 1 fully saturated rings. The number of nitrogens with zero attached hydrogens (tertiary/aromatic N) is 4. The molecule has 5 heteroatoms. The highest BCUT2D eigenvalue weighted by molar-refractivity contribution is 5.52. The quantitative estimate of drug-likeness (QED) is 0.736. The third kappa shape index (κ3) is 2.99. The Hall–Kier alpha value is -2.40. The molecule has 5 nitrogen and oxygen atoms in total. The summed E-state index contributed by atoms with van der Waals surface area (Å²) >= 11 is 0. The van der Waals surface area contributed by atoms with Crippen molar-refractivity contribution in [1.29, 1.82) is 0 Å². The minimum absolute atomic E-state index is 0.458. The fourth-order valence-electron chi connectivity index (χ4n) is 3.49. The first-order valence-corrected chi connectivity index (χ1v) is 8.44. The van der Waals surface area contributed by atoms with Gasteiger partial charge in [0.2, 0.25) is 5.89 Å². The maximum atomic E-state index is 5.64. The minimum Gasteiger partial charge on any atom is -0.444 e. The fourth-order valence-corrected chi connectivity index (χ4v) is 3.49. The largest absolute Gasteiger partial charge is 0.444 e. The molecular weight excluding hydrogens is 300 g/mol. The van der Waals surface area contributed by atoms with Crippen molar-refractivity contribution in [3.8, 4) is 11.5 Å². The molecule has 1 aliphatic rings. The lowest BCUT2D eigenvalue weighted by molar-refractivity contribution is 0.306. The number of hydrogen-bond acceptors (Lipinski definition) is 4. The van der Waals surface area contributed by atoms with E-state index in [2.05, 4.69) is 39.6 Å². The van der Waals surface area contributed by atoms with Gasteiger partial charge in [-0.05, 0) is 38.5 Å². The first-order chi connectivity index (χ1) is 11.7. The predicted octanol–water partition coefficient (Wildman–Crippen LogP) is 3.60. The van der Waals surface area contributed by atoms with E-state index >= 15 is 0 Å². The third-order valence-electron chi connectivity index (χ3n) is 4.60. The summed E-state index contributed by atoms with van der Waals surface area (Å²) in [7, 11) is 0. The van der Waals surface area contributed by atoms with E-state index in [0.717, 1.165) is 43.0 Å². The lowest BCUT2D eigenvalue weighted by atomic mass is 10.2.